The molecule has 0 saturated carbocycles. The average Bonchev–Trinajstić information content (AvgIpc) is 3.36. The molecule has 190 valence electrons. The van der Waals surface area contributed by atoms with Gasteiger partial charge >= 0.3 is 0 Å². The number of carbonyl (C=O) groups is 1. The fraction of sp³-hybridized carbons (Fsp3) is 0.281. The van der Waals surface area contributed by atoms with Crippen molar-refractivity contribution in [1.82, 2.24) is 20.3 Å². The van der Waals surface area contributed by atoms with Crippen molar-refractivity contribution in [1.29, 1.82) is 0 Å². The Balaban J connectivity index is 1.48. The molecule has 4 aromatic rings. The summed E-state index contributed by atoms with van der Waals surface area (Å²) in [5.41, 5.74) is 6.68. The van der Waals surface area contributed by atoms with Gasteiger partial charge in [-0.25, -0.2) is 4.68 Å². The molecule has 1 aromatic heterocycles. The quantitative estimate of drug-likeness (QED) is 0.294. The highest BCUT2D eigenvalue weighted by Gasteiger charge is 2.27. The van der Waals surface area contributed by atoms with E-state index in [0.717, 1.165) is 27.9 Å². The molecule has 5 nitrogen and oxygen atoms in total. The lowest BCUT2D eigenvalue weighted by Crippen LogP contribution is -2.42. The summed E-state index contributed by atoms with van der Waals surface area (Å²) >= 11 is 0. The molecule has 4 rings (SSSR count). The van der Waals surface area contributed by atoms with Crippen molar-refractivity contribution in [3.8, 4) is 5.69 Å². The minimum Gasteiger partial charge on any atom is -0.345 e. The number of rotatable bonds is 7. The molecule has 0 fully saturated rings. The van der Waals surface area contributed by atoms with Crippen LogP contribution in [0.5, 0.6) is 0 Å². The lowest BCUT2D eigenvalue weighted by atomic mass is 9.86. The van der Waals surface area contributed by atoms with Crippen LogP contribution in [-0.2, 0) is 22.2 Å². The van der Waals surface area contributed by atoms with E-state index in [-0.39, 0.29) is 17.7 Å². The Hall–Kier alpha value is -3.99. The Labute approximate surface area is 220 Å². The third-order valence-corrected chi connectivity index (χ3v) is 6.62. The van der Waals surface area contributed by atoms with Crippen molar-refractivity contribution in [2.45, 2.75) is 58.9 Å². The predicted molar refractivity (Wildman–Crippen MR) is 151 cm³/mol. The standard InChI is InChI=1S/C32H36N4O/c1-23-11-10-12-25(18-15-24-16-19-26(20-17-24)31(2,3)4)28(23)21-30(37)33-32(5,6)29-22-36(35-34-29)27-13-8-7-9-14-27/h7-20,22H,21H2,1-6H3,(H,33,37)/b18-15+. The number of hydrogen-bond donors (Lipinski definition) is 1. The zero-order valence-corrected chi connectivity index (χ0v) is 22.6. The van der Waals surface area contributed by atoms with Crippen LogP contribution in [0.2, 0.25) is 0 Å². The molecule has 1 amide bonds. The molecule has 0 spiro atoms. The van der Waals surface area contributed by atoms with Gasteiger partial charge in [0.15, 0.2) is 0 Å². The summed E-state index contributed by atoms with van der Waals surface area (Å²) in [5.74, 6) is -0.0576. The molecule has 0 aliphatic rings. The Morgan fingerprint density at radius 2 is 1.59 bits per heavy atom. The van der Waals surface area contributed by atoms with E-state index in [1.165, 1.54) is 5.56 Å². The molecule has 1 N–H and O–H groups in total. The molecule has 0 unspecified atom stereocenters. The van der Waals surface area contributed by atoms with Crippen LogP contribution in [0.25, 0.3) is 17.8 Å². The summed E-state index contributed by atoms with van der Waals surface area (Å²) in [5, 5.41) is 11.7. The molecule has 0 aliphatic carbocycles. The molecular formula is C32H36N4O. The van der Waals surface area contributed by atoms with E-state index in [0.29, 0.717) is 5.69 Å². The molecule has 3 aromatic carbocycles. The van der Waals surface area contributed by atoms with Crippen LogP contribution in [0.1, 0.15) is 68.1 Å². The second kappa shape index (κ2) is 10.6. The second-order valence-corrected chi connectivity index (χ2v) is 11.1. The van der Waals surface area contributed by atoms with Gasteiger partial charge in [0.2, 0.25) is 5.91 Å². The highest BCUT2D eigenvalue weighted by Crippen LogP contribution is 2.24. The number of hydrogen-bond acceptors (Lipinski definition) is 3. The fourth-order valence-electron chi connectivity index (χ4n) is 4.28. The van der Waals surface area contributed by atoms with Crippen molar-refractivity contribution in [3.05, 3.63) is 113 Å². The molecule has 1 heterocycles. The van der Waals surface area contributed by atoms with Crippen LogP contribution in [0.4, 0.5) is 0 Å². The predicted octanol–water partition coefficient (Wildman–Crippen LogP) is 6.64. The first kappa shape index (κ1) is 26.1. The van der Waals surface area contributed by atoms with Gasteiger partial charge in [0.25, 0.3) is 0 Å². The van der Waals surface area contributed by atoms with Crippen LogP contribution in [0.3, 0.4) is 0 Å². The topological polar surface area (TPSA) is 59.8 Å². The van der Waals surface area contributed by atoms with Gasteiger partial charge < -0.3 is 5.32 Å². The van der Waals surface area contributed by atoms with E-state index >= 15 is 0 Å². The number of nitrogens with one attached hydrogen (secondary N) is 1. The monoisotopic (exact) mass is 492 g/mol. The maximum atomic E-state index is 13.2. The summed E-state index contributed by atoms with van der Waals surface area (Å²) in [6.45, 7) is 12.6. The van der Waals surface area contributed by atoms with Crippen molar-refractivity contribution >= 4 is 18.1 Å². The SMILES string of the molecule is Cc1cccc(/C=C/c2ccc(C(C)(C)C)cc2)c1CC(=O)NC(C)(C)c1cn(-c2ccccc2)nn1. The van der Waals surface area contributed by atoms with Crippen molar-refractivity contribution in [2.75, 3.05) is 0 Å². The lowest BCUT2D eigenvalue weighted by Gasteiger charge is -2.24. The zero-order valence-electron chi connectivity index (χ0n) is 22.6. The highest BCUT2D eigenvalue weighted by molar-refractivity contribution is 5.82. The number of aromatic nitrogens is 3. The van der Waals surface area contributed by atoms with Gasteiger partial charge in [-0.05, 0) is 66.1 Å². The van der Waals surface area contributed by atoms with Crippen LogP contribution in [0.15, 0.2) is 79.0 Å². The Morgan fingerprint density at radius 1 is 0.892 bits per heavy atom. The van der Waals surface area contributed by atoms with Crippen LogP contribution < -0.4 is 5.32 Å². The zero-order chi connectivity index (χ0) is 26.6. The van der Waals surface area contributed by atoms with E-state index in [2.05, 4.69) is 91.9 Å². The Kier molecular flexibility index (Phi) is 7.44. The van der Waals surface area contributed by atoms with Gasteiger partial charge in [0.05, 0.1) is 23.8 Å². The molecule has 0 atom stereocenters. The summed E-state index contributed by atoms with van der Waals surface area (Å²) in [6.07, 6.45) is 6.35. The first-order valence-corrected chi connectivity index (χ1v) is 12.7. The maximum Gasteiger partial charge on any atom is 0.225 e. The third kappa shape index (κ3) is 6.42. The number of carbonyl (C=O) groups excluding carboxylic acids is 1. The average molecular weight is 493 g/mol. The van der Waals surface area contributed by atoms with Gasteiger partial charge in [-0.1, -0.05) is 98.8 Å². The summed E-state index contributed by atoms with van der Waals surface area (Å²) < 4.78 is 1.72. The Morgan fingerprint density at radius 3 is 2.27 bits per heavy atom. The smallest absolute Gasteiger partial charge is 0.225 e. The fourth-order valence-corrected chi connectivity index (χ4v) is 4.28. The Bertz CT molecular complexity index is 1390. The lowest BCUT2D eigenvalue weighted by molar-refractivity contribution is -0.122. The minimum atomic E-state index is -0.669. The number of nitrogens with zero attached hydrogens (tertiary/aromatic N) is 3. The van der Waals surface area contributed by atoms with Gasteiger partial charge in [-0.3, -0.25) is 4.79 Å². The van der Waals surface area contributed by atoms with Gasteiger partial charge in [-0.2, -0.15) is 0 Å². The number of aryl methyl sites for hydroxylation is 1. The maximum absolute atomic E-state index is 13.2. The molecule has 0 bridgehead atoms. The molecule has 0 radical (unpaired) electrons. The van der Waals surface area contributed by atoms with Crippen molar-refractivity contribution in [2.24, 2.45) is 0 Å². The molecule has 37 heavy (non-hydrogen) atoms. The van der Waals surface area contributed by atoms with Gasteiger partial charge in [0.1, 0.15) is 5.69 Å². The van der Waals surface area contributed by atoms with Gasteiger partial charge in [0, 0.05) is 0 Å². The van der Waals surface area contributed by atoms with E-state index in [4.69, 9.17) is 0 Å². The van der Waals surface area contributed by atoms with Gasteiger partial charge in [-0.15, -0.1) is 5.10 Å². The number of amides is 1. The van der Waals surface area contributed by atoms with Crippen molar-refractivity contribution < 1.29 is 4.79 Å². The molecule has 5 heteroatoms. The summed E-state index contributed by atoms with van der Waals surface area (Å²) in [6, 6.07) is 24.6. The summed E-state index contributed by atoms with van der Waals surface area (Å²) in [7, 11) is 0. The molecule has 0 aliphatic heterocycles. The summed E-state index contributed by atoms with van der Waals surface area (Å²) in [4.78, 5) is 13.2. The van der Waals surface area contributed by atoms with Crippen LogP contribution >= 0.6 is 0 Å². The highest BCUT2D eigenvalue weighted by atomic mass is 16.1. The van der Waals surface area contributed by atoms with E-state index in [1.807, 2.05) is 56.4 Å². The second-order valence-electron chi connectivity index (χ2n) is 11.1. The van der Waals surface area contributed by atoms with E-state index in [1.54, 1.807) is 4.68 Å². The number of benzene rings is 3. The van der Waals surface area contributed by atoms with E-state index in [9.17, 15) is 4.79 Å². The van der Waals surface area contributed by atoms with E-state index < -0.39 is 5.54 Å². The normalized spacial score (nSPS) is 12.2. The van der Waals surface area contributed by atoms with Crippen LogP contribution in [-0.4, -0.2) is 20.9 Å². The largest absolute Gasteiger partial charge is 0.345 e. The first-order valence-electron chi connectivity index (χ1n) is 12.7. The first-order chi connectivity index (χ1) is 17.5. The van der Waals surface area contributed by atoms with Crippen LogP contribution in [0, 0.1) is 6.92 Å². The minimum absolute atomic E-state index is 0.0576. The number of para-hydroxylation sites is 1. The van der Waals surface area contributed by atoms with Crippen molar-refractivity contribution in [3.63, 3.8) is 0 Å². The molecule has 0 saturated heterocycles. The molecular weight excluding hydrogens is 456 g/mol. The third-order valence-electron chi connectivity index (χ3n) is 6.62.